The van der Waals surface area contributed by atoms with E-state index in [0.29, 0.717) is 38.4 Å². The molecule has 9 heteroatoms. The molecule has 1 saturated heterocycles. The van der Waals surface area contributed by atoms with Gasteiger partial charge in [-0.05, 0) is 83.0 Å². The number of aliphatic hydroxyl groups is 2. The molecule has 7 nitrogen and oxygen atoms in total. The first-order valence-electron chi connectivity index (χ1n) is 11.5. The molecule has 1 heterocycles. The van der Waals surface area contributed by atoms with Crippen LogP contribution >= 0.6 is 23.8 Å². The molecule has 1 aliphatic heterocycles. The molecule has 0 aromatic heterocycles. The molecule has 0 saturated carbocycles. The summed E-state index contributed by atoms with van der Waals surface area (Å²) >= 11 is 3.13. The lowest BCUT2D eigenvalue weighted by atomic mass is 9.87. The molecule has 2 N–H and O–H groups in total. The van der Waals surface area contributed by atoms with Gasteiger partial charge in [-0.15, -0.1) is 11.8 Å². The van der Waals surface area contributed by atoms with Crippen LogP contribution in [-0.2, 0) is 23.1 Å². The summed E-state index contributed by atoms with van der Waals surface area (Å²) < 4.78 is 28.3. The van der Waals surface area contributed by atoms with Crippen molar-refractivity contribution in [1.29, 1.82) is 0 Å². The van der Waals surface area contributed by atoms with Crippen molar-refractivity contribution in [2.75, 3.05) is 38.4 Å². The molecular weight excluding hydrogens is 440 g/mol. The van der Waals surface area contributed by atoms with E-state index in [0.717, 1.165) is 37.2 Å². The van der Waals surface area contributed by atoms with Crippen molar-refractivity contribution >= 4 is 23.8 Å². The van der Waals surface area contributed by atoms with E-state index in [9.17, 15) is 10.2 Å². The van der Waals surface area contributed by atoms with Gasteiger partial charge < -0.3 is 29.2 Å². The van der Waals surface area contributed by atoms with Gasteiger partial charge in [-0.2, -0.15) is 0 Å². The van der Waals surface area contributed by atoms with Crippen LogP contribution in [0.2, 0.25) is 0 Å². The van der Waals surface area contributed by atoms with Crippen LogP contribution in [0.4, 0.5) is 0 Å². The number of methoxy groups -OCH3 is 1. The fraction of sp³-hybridized carbons (Fsp3) is 1.00. The predicted molar refractivity (Wildman–Crippen MR) is 127 cm³/mol. The van der Waals surface area contributed by atoms with Crippen LogP contribution < -0.4 is 0 Å². The second kappa shape index (κ2) is 16.1. The Morgan fingerprint density at radius 2 is 2.00 bits per heavy atom. The molecule has 0 radical (unpaired) electrons. The Labute approximate surface area is 197 Å². The summed E-state index contributed by atoms with van der Waals surface area (Å²) in [6.45, 7) is 8.39. The zero-order chi connectivity index (χ0) is 23.2. The standard InChI is InChI=1S/C22H44O7S2/c1-6-26-20(25-5)27-17-18(2)11-9-12-21(4,24)22(13-7-8-14-23)28-19(3)29-31-16-10-15-30-22/h18-20,23-24H,6-17H2,1-5H3. The Bertz CT molecular complexity index is 456. The monoisotopic (exact) mass is 484 g/mol. The molecule has 5 unspecified atom stereocenters. The highest BCUT2D eigenvalue weighted by atomic mass is 32.2. The Morgan fingerprint density at radius 1 is 1.23 bits per heavy atom. The zero-order valence-corrected chi connectivity index (χ0v) is 21.6. The minimum absolute atomic E-state index is 0.145. The van der Waals surface area contributed by atoms with E-state index < -0.39 is 23.3 Å². The summed E-state index contributed by atoms with van der Waals surface area (Å²) in [6.07, 6.45) is 5.12. The Hall–Kier alpha value is 0.420. The first kappa shape index (κ1) is 29.5. The highest BCUT2D eigenvalue weighted by Crippen LogP contribution is 2.46. The molecule has 1 fully saturated rings. The molecule has 186 valence electrons. The van der Waals surface area contributed by atoms with Crippen LogP contribution in [0.3, 0.4) is 0 Å². The smallest absolute Gasteiger partial charge is 0.271 e. The topological polar surface area (TPSA) is 86.6 Å². The molecule has 0 amide bonds. The van der Waals surface area contributed by atoms with Crippen LogP contribution in [0.25, 0.3) is 0 Å². The van der Waals surface area contributed by atoms with Gasteiger partial charge in [0.05, 0.1) is 6.61 Å². The summed E-state index contributed by atoms with van der Waals surface area (Å²) in [5.74, 6) is 2.13. The maximum absolute atomic E-state index is 11.6. The molecular formula is C22H44O7S2. The lowest BCUT2D eigenvalue weighted by molar-refractivity contribution is -0.278. The second-order valence-electron chi connectivity index (χ2n) is 8.32. The van der Waals surface area contributed by atoms with Gasteiger partial charge in [0.1, 0.15) is 10.5 Å². The predicted octanol–water partition coefficient (Wildman–Crippen LogP) is 4.55. The minimum atomic E-state index is -1.03. The number of thioether (sulfide) groups is 1. The lowest BCUT2D eigenvalue weighted by Gasteiger charge is -2.46. The van der Waals surface area contributed by atoms with Crippen LogP contribution in [-0.4, -0.2) is 71.9 Å². The number of hydrogen-bond donors (Lipinski definition) is 2. The lowest BCUT2D eigenvalue weighted by Crippen LogP contribution is -2.53. The van der Waals surface area contributed by atoms with E-state index in [1.165, 1.54) is 12.0 Å². The average Bonchev–Trinajstić information content (AvgIpc) is 2.82. The van der Waals surface area contributed by atoms with Gasteiger partial charge in [-0.3, -0.25) is 4.18 Å². The van der Waals surface area contributed by atoms with Gasteiger partial charge in [-0.25, -0.2) is 0 Å². The van der Waals surface area contributed by atoms with Gasteiger partial charge in [0.15, 0.2) is 6.29 Å². The molecule has 0 aliphatic carbocycles. The van der Waals surface area contributed by atoms with Crippen molar-refractivity contribution in [3.05, 3.63) is 0 Å². The SMILES string of the molecule is CCOC(OC)OCC(C)CCCC(C)(O)C1(CCCCO)OC(C)OSCCCS1. The Balaban J connectivity index is 2.70. The third-order valence-electron chi connectivity index (χ3n) is 5.37. The van der Waals surface area contributed by atoms with E-state index in [1.54, 1.807) is 18.9 Å². The number of hydrogen-bond acceptors (Lipinski definition) is 9. The molecule has 0 spiro atoms. The summed E-state index contributed by atoms with van der Waals surface area (Å²) in [5, 5.41) is 20.9. The first-order valence-corrected chi connectivity index (χ1v) is 13.4. The highest BCUT2D eigenvalue weighted by Gasteiger charge is 2.49. The second-order valence-corrected chi connectivity index (χ2v) is 10.5. The molecule has 0 aromatic rings. The van der Waals surface area contributed by atoms with Crippen molar-refractivity contribution in [1.82, 2.24) is 0 Å². The van der Waals surface area contributed by atoms with E-state index in [1.807, 2.05) is 20.8 Å². The van der Waals surface area contributed by atoms with Crippen molar-refractivity contribution in [3.8, 4) is 0 Å². The van der Waals surface area contributed by atoms with E-state index in [-0.39, 0.29) is 6.61 Å². The van der Waals surface area contributed by atoms with Crippen molar-refractivity contribution in [2.45, 2.75) is 95.9 Å². The molecule has 1 aliphatic rings. The Morgan fingerprint density at radius 3 is 2.68 bits per heavy atom. The molecule has 1 rings (SSSR count). The Kier molecular flexibility index (Phi) is 15.3. The largest absolute Gasteiger partial charge is 0.396 e. The molecule has 31 heavy (non-hydrogen) atoms. The van der Waals surface area contributed by atoms with E-state index >= 15 is 0 Å². The average molecular weight is 485 g/mol. The van der Waals surface area contributed by atoms with Crippen molar-refractivity contribution < 1.29 is 33.3 Å². The third kappa shape index (κ3) is 10.9. The highest BCUT2D eigenvalue weighted by molar-refractivity contribution is 8.00. The third-order valence-corrected chi connectivity index (χ3v) is 7.94. The fourth-order valence-corrected chi connectivity index (χ4v) is 5.90. The maximum Gasteiger partial charge on any atom is 0.271 e. The van der Waals surface area contributed by atoms with Crippen molar-refractivity contribution in [3.63, 3.8) is 0 Å². The van der Waals surface area contributed by atoms with Crippen LogP contribution in [0, 0.1) is 5.92 Å². The van der Waals surface area contributed by atoms with Gasteiger partial charge in [0.25, 0.3) is 6.48 Å². The van der Waals surface area contributed by atoms with Crippen LogP contribution in [0.5, 0.6) is 0 Å². The van der Waals surface area contributed by atoms with Gasteiger partial charge in [0.2, 0.25) is 0 Å². The van der Waals surface area contributed by atoms with Crippen LogP contribution in [0.1, 0.15) is 72.6 Å². The number of unbranched alkanes of at least 4 members (excludes halogenated alkanes) is 1. The number of aliphatic hydroxyl groups excluding tert-OH is 1. The quantitative estimate of drug-likeness (QED) is 0.197. The van der Waals surface area contributed by atoms with Gasteiger partial charge in [0, 0.05) is 26.1 Å². The van der Waals surface area contributed by atoms with Crippen LogP contribution in [0.15, 0.2) is 0 Å². The first-order chi connectivity index (χ1) is 14.8. The molecule has 0 bridgehead atoms. The summed E-state index contributed by atoms with van der Waals surface area (Å²) in [5.41, 5.74) is -1.03. The van der Waals surface area contributed by atoms with Gasteiger partial charge in [-0.1, -0.05) is 13.3 Å². The summed E-state index contributed by atoms with van der Waals surface area (Å²) in [4.78, 5) is -0.762. The van der Waals surface area contributed by atoms with Crippen molar-refractivity contribution in [2.24, 2.45) is 5.92 Å². The fourth-order valence-electron chi connectivity index (χ4n) is 3.60. The normalized spacial score (nSPS) is 27.0. The summed E-state index contributed by atoms with van der Waals surface area (Å²) in [6, 6.07) is 0. The number of ether oxygens (including phenoxy) is 4. The molecule has 5 atom stereocenters. The maximum atomic E-state index is 11.6. The van der Waals surface area contributed by atoms with Gasteiger partial charge >= 0.3 is 0 Å². The van der Waals surface area contributed by atoms with E-state index in [2.05, 4.69) is 6.92 Å². The van der Waals surface area contributed by atoms with E-state index in [4.69, 9.17) is 23.1 Å². The molecule has 0 aromatic carbocycles. The minimum Gasteiger partial charge on any atom is -0.396 e. The number of rotatable bonds is 15. The summed E-state index contributed by atoms with van der Waals surface area (Å²) in [7, 11) is 1.57. The zero-order valence-electron chi connectivity index (χ0n) is 20.0.